The van der Waals surface area contributed by atoms with Crippen LogP contribution in [0.1, 0.15) is 35.8 Å². The van der Waals surface area contributed by atoms with Crippen molar-refractivity contribution in [1.29, 1.82) is 0 Å². The Bertz CT molecular complexity index is 1400. The van der Waals surface area contributed by atoms with Gasteiger partial charge in [0.25, 0.3) is 0 Å². The van der Waals surface area contributed by atoms with Gasteiger partial charge in [-0.2, -0.15) is 0 Å². The first-order valence-corrected chi connectivity index (χ1v) is 15.8. The van der Waals surface area contributed by atoms with Gasteiger partial charge in [0.15, 0.2) is 0 Å². The van der Waals surface area contributed by atoms with Crippen LogP contribution < -0.4 is 15.1 Å². The number of piperidine rings is 1. The summed E-state index contributed by atoms with van der Waals surface area (Å²) in [6.45, 7) is 4.55. The molecule has 2 amide bonds. The zero-order valence-electron chi connectivity index (χ0n) is 22.2. The number of hydrogen-bond donors (Lipinski definition) is 3. The van der Waals surface area contributed by atoms with Crippen LogP contribution in [0.25, 0.3) is 22.4 Å². The molecule has 201 valence electrons. The summed E-state index contributed by atoms with van der Waals surface area (Å²) in [5.74, 6) is 0.632. The number of rotatable bonds is 10. The molecule has 0 atom stereocenters. The first kappa shape index (κ1) is 27.1. The van der Waals surface area contributed by atoms with Crippen LogP contribution in [-0.4, -0.2) is 79.6 Å². The van der Waals surface area contributed by atoms with Gasteiger partial charge in [-0.3, -0.25) is 0 Å². The van der Waals surface area contributed by atoms with Crippen LogP contribution >= 0.6 is 0 Å². The Morgan fingerprint density at radius 1 is 1.00 bits per heavy atom. The number of benzene rings is 2. The van der Waals surface area contributed by atoms with E-state index >= 15 is 0 Å². The molecule has 0 aliphatic carbocycles. The van der Waals surface area contributed by atoms with E-state index in [1.54, 1.807) is 0 Å². The van der Waals surface area contributed by atoms with E-state index in [9.17, 15) is 9.59 Å². The van der Waals surface area contributed by atoms with Gasteiger partial charge < -0.3 is 0 Å². The molecule has 5 rings (SSSR count). The van der Waals surface area contributed by atoms with E-state index in [1.165, 1.54) is 12.5 Å². The molecule has 1 saturated heterocycles. The maximum absolute atomic E-state index is 13.5. The summed E-state index contributed by atoms with van der Waals surface area (Å²) in [5, 5.41) is 8.28. The van der Waals surface area contributed by atoms with Gasteiger partial charge in [-0.1, -0.05) is 30.3 Å². The molecular formula is C30H34AsN6O2. The number of H-pyrrole nitrogens is 1. The SMILES string of the molecule is CC(=O)NCC[As]c1nc(-c2ccccc2)nc2[nH]c(C(=O)N3CCC(NCCc4ccccc4)CC3)cc12. The van der Waals surface area contributed by atoms with E-state index < -0.39 is 0 Å². The van der Waals surface area contributed by atoms with Gasteiger partial charge in [0, 0.05) is 0 Å². The van der Waals surface area contributed by atoms with Crippen molar-refractivity contribution in [3.05, 3.63) is 78.0 Å². The van der Waals surface area contributed by atoms with Gasteiger partial charge in [0.2, 0.25) is 0 Å². The van der Waals surface area contributed by atoms with Crippen LogP contribution in [0.2, 0.25) is 5.21 Å². The molecule has 2 aromatic carbocycles. The molecule has 0 spiro atoms. The summed E-state index contributed by atoms with van der Waals surface area (Å²) in [4.78, 5) is 39.7. The first-order valence-electron chi connectivity index (χ1n) is 13.5. The van der Waals surface area contributed by atoms with E-state index in [1.807, 2.05) is 47.4 Å². The second-order valence-corrected chi connectivity index (χ2v) is 12.3. The number of nitrogens with zero attached hydrogens (tertiary/aromatic N) is 3. The third kappa shape index (κ3) is 7.14. The minimum atomic E-state index is -0.316. The second kappa shape index (κ2) is 13.0. The molecule has 1 radical (unpaired) electrons. The predicted molar refractivity (Wildman–Crippen MR) is 155 cm³/mol. The Morgan fingerprint density at radius 3 is 2.44 bits per heavy atom. The van der Waals surface area contributed by atoms with Gasteiger partial charge in [-0.15, -0.1) is 0 Å². The molecule has 0 bridgehead atoms. The number of amides is 2. The molecular weight excluding hydrogens is 551 g/mol. The van der Waals surface area contributed by atoms with Gasteiger partial charge in [-0.05, 0) is 5.56 Å². The number of aromatic nitrogens is 3. The standard InChI is InChI=1S/C30H34AsN6O2/c1-21(38)32-17-15-31-27-25-20-26(34-29(25)36-28(35-27)23-10-6-3-7-11-23)30(39)37-18-13-24(14-19-37)33-16-12-22-8-4-2-5-9-22/h2-11,20,24,33H,12-19H2,1H3,(H,32,38)(H,34,35,36). The summed E-state index contributed by atoms with van der Waals surface area (Å²) >= 11 is -0.316. The Balaban J connectivity index is 1.25. The topological polar surface area (TPSA) is 103 Å². The van der Waals surface area contributed by atoms with Crippen molar-refractivity contribution in [2.45, 2.75) is 37.4 Å². The van der Waals surface area contributed by atoms with Gasteiger partial charge in [0.05, 0.1) is 0 Å². The molecule has 3 N–H and O–H groups in total. The Morgan fingerprint density at radius 2 is 1.72 bits per heavy atom. The second-order valence-electron chi connectivity index (χ2n) is 9.80. The monoisotopic (exact) mass is 585 g/mol. The zero-order valence-corrected chi connectivity index (χ0v) is 24.1. The normalized spacial score (nSPS) is 14.3. The van der Waals surface area contributed by atoms with Crippen LogP contribution in [0.4, 0.5) is 0 Å². The molecule has 0 saturated carbocycles. The third-order valence-corrected chi connectivity index (χ3v) is 9.23. The summed E-state index contributed by atoms with van der Waals surface area (Å²) in [7, 11) is 0. The molecule has 1 aliphatic heterocycles. The summed E-state index contributed by atoms with van der Waals surface area (Å²) in [6.07, 6.45) is 2.89. The Labute approximate surface area is 235 Å². The van der Waals surface area contributed by atoms with Crippen molar-refractivity contribution >= 4 is 43.1 Å². The Kier molecular flexibility index (Phi) is 9.07. The average molecular weight is 586 g/mol. The van der Waals surface area contributed by atoms with Crippen LogP contribution in [0.5, 0.6) is 0 Å². The number of carbonyl (C=O) groups is 2. The summed E-state index contributed by atoms with van der Waals surface area (Å²) < 4.78 is 0.970. The number of fused-ring (bicyclic) bond motifs is 1. The number of hydrogen-bond acceptors (Lipinski definition) is 5. The fourth-order valence-corrected chi connectivity index (χ4v) is 6.84. The van der Waals surface area contributed by atoms with Gasteiger partial charge in [-0.25, -0.2) is 0 Å². The summed E-state index contributed by atoms with van der Waals surface area (Å²) in [6, 6.07) is 22.8. The molecule has 1 fully saturated rings. The van der Waals surface area contributed by atoms with Crippen LogP contribution in [0.3, 0.4) is 0 Å². The summed E-state index contributed by atoms with van der Waals surface area (Å²) in [5.41, 5.74) is 3.53. The molecule has 3 heterocycles. The number of carbonyl (C=O) groups excluding carboxylic acids is 2. The number of nitrogens with one attached hydrogen (secondary N) is 3. The van der Waals surface area contributed by atoms with Crippen molar-refractivity contribution in [3.63, 3.8) is 0 Å². The van der Waals surface area contributed by atoms with Crippen LogP contribution in [-0.2, 0) is 11.2 Å². The van der Waals surface area contributed by atoms with Crippen LogP contribution in [0.15, 0.2) is 66.7 Å². The van der Waals surface area contributed by atoms with E-state index in [0.717, 1.165) is 59.5 Å². The average Bonchev–Trinajstić information content (AvgIpc) is 3.41. The van der Waals surface area contributed by atoms with E-state index in [-0.39, 0.29) is 27.6 Å². The zero-order chi connectivity index (χ0) is 27.0. The fraction of sp³-hybridized carbons (Fsp3) is 0.333. The van der Waals surface area contributed by atoms with Crippen molar-refractivity contribution in [2.24, 2.45) is 0 Å². The Hall–Kier alpha value is -3.48. The number of aromatic amines is 1. The maximum atomic E-state index is 13.5. The van der Waals surface area contributed by atoms with Crippen molar-refractivity contribution in [2.75, 3.05) is 26.2 Å². The van der Waals surface area contributed by atoms with Gasteiger partial charge >= 0.3 is 200 Å². The third-order valence-electron chi connectivity index (χ3n) is 6.95. The minimum absolute atomic E-state index is 0.0115. The van der Waals surface area contributed by atoms with E-state index in [2.05, 4.69) is 39.9 Å². The quantitative estimate of drug-likeness (QED) is 0.196. The fourth-order valence-electron chi connectivity index (χ4n) is 4.86. The van der Waals surface area contributed by atoms with Crippen molar-refractivity contribution < 1.29 is 9.59 Å². The first-order chi connectivity index (χ1) is 19.1. The predicted octanol–water partition coefficient (Wildman–Crippen LogP) is 2.95. The molecule has 9 heteroatoms. The van der Waals surface area contributed by atoms with Crippen molar-refractivity contribution in [3.8, 4) is 11.4 Å². The van der Waals surface area contributed by atoms with Crippen LogP contribution in [0, 0.1) is 0 Å². The number of likely N-dealkylation sites (tertiary alicyclic amines) is 1. The van der Waals surface area contributed by atoms with Gasteiger partial charge in [0.1, 0.15) is 0 Å². The van der Waals surface area contributed by atoms with E-state index in [4.69, 9.17) is 9.97 Å². The molecule has 4 aromatic rings. The van der Waals surface area contributed by atoms with E-state index in [0.29, 0.717) is 29.8 Å². The molecule has 2 aromatic heterocycles. The van der Waals surface area contributed by atoms with Crippen molar-refractivity contribution in [1.82, 2.24) is 30.5 Å². The molecule has 1 aliphatic rings. The molecule has 0 unspecified atom stereocenters. The molecule has 39 heavy (non-hydrogen) atoms. The molecule has 8 nitrogen and oxygen atoms in total.